The number of Topliss-reactive ketones (excluding diaryl/α,β-unsaturated/α-hetero) is 1. The molecule has 3 aromatic rings. The van der Waals surface area contributed by atoms with Crippen LogP contribution >= 0.6 is 0 Å². The van der Waals surface area contributed by atoms with Crippen LogP contribution in [0.5, 0.6) is 0 Å². The number of aromatic nitrogens is 1. The average Bonchev–Trinajstić information content (AvgIpc) is 3.26. The Kier molecular flexibility index (Phi) is 8.08. The highest BCUT2D eigenvalue weighted by Crippen LogP contribution is 2.37. The van der Waals surface area contributed by atoms with Gasteiger partial charge in [-0.3, -0.25) is 9.59 Å². The monoisotopic (exact) mass is 503 g/mol. The number of hydrogen-bond donors (Lipinski definition) is 3. The fourth-order valence-electron chi connectivity index (χ4n) is 5.53. The van der Waals surface area contributed by atoms with Gasteiger partial charge in [-0.05, 0) is 53.9 Å². The lowest BCUT2D eigenvalue weighted by atomic mass is 9.87. The molecule has 1 aliphatic rings. The summed E-state index contributed by atoms with van der Waals surface area (Å²) in [7, 11) is 0. The number of nitrogens with zero attached hydrogens (tertiary/aromatic N) is 1. The lowest BCUT2D eigenvalue weighted by molar-refractivity contribution is -0.124. The van der Waals surface area contributed by atoms with Crippen molar-refractivity contribution in [3.05, 3.63) is 65.4 Å². The third-order valence-electron chi connectivity index (χ3n) is 7.17. The van der Waals surface area contributed by atoms with Crippen molar-refractivity contribution in [3.63, 3.8) is 0 Å². The second-order valence-electron chi connectivity index (χ2n) is 11.9. The van der Waals surface area contributed by atoms with E-state index >= 15 is 0 Å². The van der Waals surface area contributed by atoms with E-state index in [4.69, 9.17) is 0 Å². The fourth-order valence-corrected chi connectivity index (χ4v) is 5.53. The largest absolute Gasteiger partial charge is 0.394 e. The van der Waals surface area contributed by atoms with Crippen LogP contribution < -0.4 is 10.2 Å². The number of nitrogens with one attached hydrogen (secondary N) is 2. The van der Waals surface area contributed by atoms with E-state index in [0.29, 0.717) is 24.9 Å². The third-order valence-corrected chi connectivity index (χ3v) is 7.17. The first-order chi connectivity index (χ1) is 17.6. The van der Waals surface area contributed by atoms with E-state index in [1.54, 1.807) is 0 Å². The van der Waals surface area contributed by atoms with E-state index < -0.39 is 6.04 Å². The lowest BCUT2D eigenvalue weighted by Gasteiger charge is -2.36. The van der Waals surface area contributed by atoms with Crippen LogP contribution in [-0.4, -0.2) is 47.0 Å². The SMILES string of the molecule is CC(C)[C@H]1C(=O)N[C@H](CO)Cc2c[nH]c3c(C(=O)CC(C)(C)C)ccc(c23)N1CCCc1ccccc1. The molecule has 4 rings (SSSR count). The van der Waals surface area contributed by atoms with Crippen LogP contribution in [-0.2, 0) is 17.6 Å². The van der Waals surface area contributed by atoms with Crippen molar-refractivity contribution in [1.29, 1.82) is 0 Å². The molecule has 1 amide bonds. The van der Waals surface area contributed by atoms with Gasteiger partial charge < -0.3 is 20.3 Å². The van der Waals surface area contributed by atoms with Crippen LogP contribution in [0.4, 0.5) is 5.69 Å². The van der Waals surface area contributed by atoms with Gasteiger partial charge in [-0.1, -0.05) is 65.0 Å². The first kappa shape index (κ1) is 26.9. The van der Waals surface area contributed by atoms with Crippen molar-refractivity contribution in [2.75, 3.05) is 18.1 Å². The smallest absolute Gasteiger partial charge is 0.243 e. The van der Waals surface area contributed by atoms with Gasteiger partial charge in [0.25, 0.3) is 0 Å². The van der Waals surface area contributed by atoms with Gasteiger partial charge in [0, 0.05) is 35.8 Å². The Hall–Kier alpha value is -3.12. The summed E-state index contributed by atoms with van der Waals surface area (Å²) >= 11 is 0. The Morgan fingerprint density at radius 1 is 1.14 bits per heavy atom. The predicted molar refractivity (Wildman–Crippen MR) is 150 cm³/mol. The van der Waals surface area contributed by atoms with Crippen molar-refractivity contribution in [3.8, 4) is 0 Å². The van der Waals surface area contributed by atoms with Crippen molar-refractivity contribution in [2.45, 2.75) is 72.4 Å². The Labute approximate surface area is 220 Å². The molecule has 6 nitrogen and oxygen atoms in total. The van der Waals surface area contributed by atoms with E-state index in [2.05, 4.69) is 74.1 Å². The van der Waals surface area contributed by atoms with Crippen LogP contribution in [0.3, 0.4) is 0 Å². The second-order valence-corrected chi connectivity index (χ2v) is 11.9. The Bertz CT molecular complexity index is 1240. The number of carbonyl (C=O) groups excluding carboxylic acids is 2. The van der Waals surface area contributed by atoms with Crippen LogP contribution in [0, 0.1) is 11.3 Å². The number of aliphatic hydroxyl groups is 1. The highest BCUT2D eigenvalue weighted by molar-refractivity contribution is 6.11. The average molecular weight is 504 g/mol. The molecule has 0 saturated heterocycles. The van der Waals surface area contributed by atoms with Gasteiger partial charge in [-0.2, -0.15) is 0 Å². The number of aliphatic hydroxyl groups excluding tert-OH is 1. The normalized spacial score (nSPS) is 18.5. The summed E-state index contributed by atoms with van der Waals surface area (Å²) in [6.07, 6.45) is 4.68. The minimum absolute atomic E-state index is 0.0498. The van der Waals surface area contributed by atoms with Crippen molar-refractivity contribution < 1.29 is 14.7 Å². The molecule has 2 heterocycles. The van der Waals surface area contributed by atoms with Gasteiger partial charge in [-0.15, -0.1) is 0 Å². The summed E-state index contributed by atoms with van der Waals surface area (Å²) in [6, 6.07) is 13.6. The van der Waals surface area contributed by atoms with Crippen molar-refractivity contribution in [1.82, 2.24) is 10.3 Å². The molecular formula is C31H41N3O3. The third kappa shape index (κ3) is 6.07. The highest BCUT2D eigenvalue weighted by atomic mass is 16.3. The maximum absolute atomic E-state index is 13.6. The molecule has 0 aliphatic carbocycles. The summed E-state index contributed by atoms with van der Waals surface area (Å²) in [6.45, 7) is 10.9. The molecule has 3 N–H and O–H groups in total. The molecule has 0 fully saturated rings. The van der Waals surface area contributed by atoms with E-state index in [1.165, 1.54) is 5.56 Å². The van der Waals surface area contributed by atoms with E-state index in [-0.39, 0.29) is 35.7 Å². The molecule has 1 aliphatic heterocycles. The maximum Gasteiger partial charge on any atom is 0.243 e. The Balaban J connectivity index is 1.82. The van der Waals surface area contributed by atoms with Gasteiger partial charge in [-0.25, -0.2) is 0 Å². The molecule has 0 radical (unpaired) electrons. The Morgan fingerprint density at radius 3 is 2.51 bits per heavy atom. The quantitative estimate of drug-likeness (QED) is 0.365. The van der Waals surface area contributed by atoms with Gasteiger partial charge in [0.2, 0.25) is 5.91 Å². The summed E-state index contributed by atoms with van der Waals surface area (Å²) in [4.78, 5) is 32.5. The lowest BCUT2D eigenvalue weighted by Crippen LogP contribution is -2.53. The van der Waals surface area contributed by atoms with Gasteiger partial charge >= 0.3 is 0 Å². The van der Waals surface area contributed by atoms with Gasteiger partial charge in [0.05, 0.1) is 18.2 Å². The van der Waals surface area contributed by atoms with E-state index in [9.17, 15) is 14.7 Å². The van der Waals surface area contributed by atoms with Crippen molar-refractivity contribution in [2.24, 2.45) is 11.3 Å². The summed E-state index contributed by atoms with van der Waals surface area (Å²) in [5, 5.41) is 14.2. The molecule has 0 spiro atoms. The standard InChI is InChI=1S/C31H41N3O3/c1-20(2)29-30(37)33-23(19-35)16-22-18-32-28-24(26(36)17-31(3,4)5)13-14-25(27(22)28)34(29)15-9-12-21-10-7-6-8-11-21/h6-8,10-11,13-14,18,20,23,29,32,35H,9,12,15-17,19H2,1-5H3,(H,33,37)/t23-,29-/m0/s1. The number of hydrogen-bond acceptors (Lipinski definition) is 4. The molecule has 37 heavy (non-hydrogen) atoms. The highest BCUT2D eigenvalue weighted by Gasteiger charge is 2.34. The van der Waals surface area contributed by atoms with Crippen LogP contribution in [0.2, 0.25) is 0 Å². The number of H-pyrrole nitrogens is 1. The number of ketones is 1. The van der Waals surface area contributed by atoms with Crippen LogP contribution in [0.15, 0.2) is 48.7 Å². The molecule has 0 bridgehead atoms. The molecule has 6 heteroatoms. The summed E-state index contributed by atoms with van der Waals surface area (Å²) in [5.41, 5.74) is 4.64. The molecule has 1 aromatic heterocycles. The summed E-state index contributed by atoms with van der Waals surface area (Å²) < 4.78 is 0. The van der Waals surface area contributed by atoms with Crippen LogP contribution in [0.1, 0.15) is 68.9 Å². The Morgan fingerprint density at radius 2 is 1.86 bits per heavy atom. The first-order valence-corrected chi connectivity index (χ1v) is 13.5. The maximum atomic E-state index is 13.6. The van der Waals surface area contributed by atoms with Gasteiger partial charge in [0.15, 0.2) is 5.78 Å². The van der Waals surface area contributed by atoms with Gasteiger partial charge in [0.1, 0.15) is 6.04 Å². The minimum atomic E-state index is -0.398. The number of anilines is 1. The van der Waals surface area contributed by atoms with E-state index in [0.717, 1.165) is 35.0 Å². The zero-order chi connectivity index (χ0) is 26.7. The number of benzene rings is 2. The molecular weight excluding hydrogens is 462 g/mol. The molecule has 0 saturated carbocycles. The zero-order valence-electron chi connectivity index (χ0n) is 22.8. The molecule has 198 valence electrons. The fraction of sp³-hybridized carbons (Fsp3) is 0.484. The number of aryl methyl sites for hydroxylation is 1. The van der Waals surface area contributed by atoms with E-state index in [1.807, 2.05) is 24.4 Å². The predicted octanol–water partition coefficient (Wildman–Crippen LogP) is 5.28. The number of rotatable bonds is 8. The molecule has 2 atom stereocenters. The van der Waals surface area contributed by atoms with Crippen molar-refractivity contribution >= 4 is 28.3 Å². The molecule has 0 unspecified atom stereocenters. The second kappa shape index (κ2) is 11.1. The summed E-state index contributed by atoms with van der Waals surface area (Å²) in [5.74, 6) is 0.0917. The zero-order valence-corrected chi connectivity index (χ0v) is 22.8. The van der Waals surface area contributed by atoms with Crippen LogP contribution in [0.25, 0.3) is 10.9 Å². The minimum Gasteiger partial charge on any atom is -0.394 e. The number of aromatic amines is 1. The topological polar surface area (TPSA) is 85.4 Å². The molecule has 2 aromatic carbocycles. The first-order valence-electron chi connectivity index (χ1n) is 13.5. The number of amides is 1. The number of carbonyl (C=O) groups is 2.